The summed E-state index contributed by atoms with van der Waals surface area (Å²) in [4.78, 5) is 2.52. The highest BCUT2D eigenvalue weighted by atomic mass is 15.1. The Morgan fingerprint density at radius 3 is 2.32 bits per heavy atom. The van der Waals surface area contributed by atoms with Gasteiger partial charge < -0.3 is 5.32 Å². The first kappa shape index (κ1) is 16.2. The van der Waals surface area contributed by atoms with Gasteiger partial charge >= 0.3 is 0 Å². The molecule has 1 rings (SSSR count). The van der Waals surface area contributed by atoms with Crippen LogP contribution in [0.2, 0.25) is 0 Å². The molecule has 0 bridgehead atoms. The molecule has 2 heteroatoms. The minimum atomic E-state index is 0.213. The van der Waals surface area contributed by atoms with Crippen LogP contribution in [0, 0.1) is 5.92 Å². The molecule has 0 heterocycles. The smallest absolute Gasteiger partial charge is 0.0233 e. The lowest BCUT2D eigenvalue weighted by Crippen LogP contribution is -2.41. The molecule has 108 valence electrons. The van der Waals surface area contributed by atoms with E-state index >= 15 is 0 Å². The highest BCUT2D eigenvalue weighted by Gasteiger charge is 2.13. The summed E-state index contributed by atoms with van der Waals surface area (Å²) >= 11 is 0. The fourth-order valence-corrected chi connectivity index (χ4v) is 2.13. The van der Waals surface area contributed by atoms with Crippen LogP contribution in [0.25, 0.3) is 0 Å². The number of nitrogens with zero attached hydrogens (tertiary/aromatic N) is 1. The van der Waals surface area contributed by atoms with Crippen LogP contribution in [0.4, 0.5) is 0 Å². The second kappa shape index (κ2) is 7.66. The quantitative estimate of drug-likeness (QED) is 0.808. The molecule has 0 aliphatic carbocycles. The molecular weight excluding hydrogens is 232 g/mol. The van der Waals surface area contributed by atoms with Gasteiger partial charge in [-0.3, -0.25) is 4.90 Å². The highest BCUT2D eigenvalue weighted by Crippen LogP contribution is 2.08. The summed E-state index contributed by atoms with van der Waals surface area (Å²) in [5, 5.41) is 3.59. The van der Waals surface area contributed by atoms with Crippen LogP contribution in [0.15, 0.2) is 30.3 Å². The van der Waals surface area contributed by atoms with Crippen molar-refractivity contribution in [2.75, 3.05) is 19.6 Å². The van der Waals surface area contributed by atoms with Crippen molar-refractivity contribution < 1.29 is 0 Å². The third kappa shape index (κ3) is 7.34. The van der Waals surface area contributed by atoms with Gasteiger partial charge in [0, 0.05) is 18.6 Å². The van der Waals surface area contributed by atoms with Crippen molar-refractivity contribution in [2.45, 2.75) is 46.7 Å². The van der Waals surface area contributed by atoms with E-state index in [1.165, 1.54) is 5.56 Å². The Balaban J connectivity index is 2.39. The summed E-state index contributed by atoms with van der Waals surface area (Å²) in [5.74, 6) is 0.669. The molecule has 2 nitrogen and oxygen atoms in total. The van der Waals surface area contributed by atoms with Crippen molar-refractivity contribution in [3.8, 4) is 0 Å². The zero-order chi connectivity index (χ0) is 14.3. The maximum absolute atomic E-state index is 3.59. The zero-order valence-corrected chi connectivity index (χ0v) is 13.2. The normalized spacial score (nSPS) is 13.8. The van der Waals surface area contributed by atoms with Gasteiger partial charge in [0.2, 0.25) is 0 Å². The molecule has 0 amide bonds. The molecule has 0 fully saturated rings. The van der Waals surface area contributed by atoms with E-state index < -0.39 is 0 Å². The summed E-state index contributed by atoms with van der Waals surface area (Å²) in [6.45, 7) is 15.6. The largest absolute Gasteiger partial charge is 0.312 e. The molecule has 1 N–H and O–H groups in total. The van der Waals surface area contributed by atoms with Crippen LogP contribution in [-0.4, -0.2) is 30.1 Å². The predicted octanol–water partition coefficient (Wildman–Crippen LogP) is 3.53. The van der Waals surface area contributed by atoms with Crippen LogP contribution < -0.4 is 5.32 Å². The maximum Gasteiger partial charge on any atom is 0.0233 e. The first-order valence-electron chi connectivity index (χ1n) is 7.42. The molecule has 0 spiro atoms. The van der Waals surface area contributed by atoms with E-state index in [0.717, 1.165) is 26.2 Å². The standard InChI is InChI=1S/C17H30N2/c1-6-19(14-16-10-8-7-9-11-16)13-15(2)12-18-17(3,4)5/h7-11,15,18H,6,12-14H2,1-5H3. The van der Waals surface area contributed by atoms with Crippen LogP contribution in [0.1, 0.15) is 40.2 Å². The Morgan fingerprint density at radius 2 is 1.79 bits per heavy atom. The molecule has 0 aliphatic heterocycles. The van der Waals surface area contributed by atoms with Gasteiger partial charge in [-0.25, -0.2) is 0 Å². The van der Waals surface area contributed by atoms with Crippen LogP contribution in [0.5, 0.6) is 0 Å². The van der Waals surface area contributed by atoms with Gasteiger partial charge in [-0.2, -0.15) is 0 Å². The molecule has 1 unspecified atom stereocenters. The lowest BCUT2D eigenvalue weighted by atomic mass is 10.1. The van der Waals surface area contributed by atoms with E-state index in [0.29, 0.717) is 5.92 Å². The van der Waals surface area contributed by atoms with Gasteiger partial charge in [0.15, 0.2) is 0 Å². The third-order valence-electron chi connectivity index (χ3n) is 3.25. The number of benzene rings is 1. The third-order valence-corrected chi connectivity index (χ3v) is 3.25. The maximum atomic E-state index is 3.59. The average Bonchev–Trinajstić information content (AvgIpc) is 2.36. The molecule has 0 saturated carbocycles. The Morgan fingerprint density at radius 1 is 1.16 bits per heavy atom. The van der Waals surface area contributed by atoms with Crippen LogP contribution in [0.3, 0.4) is 0 Å². The van der Waals surface area contributed by atoms with Gasteiger partial charge in [0.1, 0.15) is 0 Å². The molecule has 0 saturated heterocycles. The van der Waals surface area contributed by atoms with E-state index in [4.69, 9.17) is 0 Å². The highest BCUT2D eigenvalue weighted by molar-refractivity contribution is 5.14. The SMILES string of the molecule is CCN(Cc1ccccc1)CC(C)CNC(C)(C)C. The topological polar surface area (TPSA) is 15.3 Å². The van der Waals surface area contributed by atoms with Gasteiger partial charge in [-0.1, -0.05) is 44.2 Å². The lowest BCUT2D eigenvalue weighted by molar-refractivity contribution is 0.230. The van der Waals surface area contributed by atoms with Crippen molar-refractivity contribution in [2.24, 2.45) is 5.92 Å². The van der Waals surface area contributed by atoms with Crippen molar-refractivity contribution >= 4 is 0 Å². The molecule has 1 aromatic carbocycles. The Bertz CT molecular complexity index is 340. The van der Waals surface area contributed by atoms with E-state index in [-0.39, 0.29) is 5.54 Å². The molecule has 1 aromatic rings. The number of hydrogen-bond donors (Lipinski definition) is 1. The fraction of sp³-hybridized carbons (Fsp3) is 0.647. The van der Waals surface area contributed by atoms with Crippen LogP contribution >= 0.6 is 0 Å². The molecule has 0 aliphatic rings. The summed E-state index contributed by atoms with van der Waals surface area (Å²) in [5.41, 5.74) is 1.62. The van der Waals surface area contributed by atoms with Gasteiger partial charge in [-0.05, 0) is 45.3 Å². The van der Waals surface area contributed by atoms with Gasteiger partial charge in [-0.15, -0.1) is 0 Å². The summed E-state index contributed by atoms with van der Waals surface area (Å²) in [7, 11) is 0. The molecule has 0 aromatic heterocycles. The minimum absolute atomic E-state index is 0.213. The van der Waals surface area contributed by atoms with E-state index in [1.807, 2.05) is 0 Å². The lowest BCUT2D eigenvalue weighted by Gasteiger charge is -2.28. The second-order valence-electron chi connectivity index (χ2n) is 6.55. The zero-order valence-electron chi connectivity index (χ0n) is 13.2. The molecule has 1 atom stereocenters. The predicted molar refractivity (Wildman–Crippen MR) is 84.3 cm³/mol. The fourth-order valence-electron chi connectivity index (χ4n) is 2.13. The average molecular weight is 262 g/mol. The van der Waals surface area contributed by atoms with Crippen LogP contribution in [-0.2, 0) is 6.54 Å². The minimum Gasteiger partial charge on any atom is -0.312 e. The molecule has 19 heavy (non-hydrogen) atoms. The Kier molecular flexibility index (Phi) is 6.53. The molecule has 0 radical (unpaired) electrons. The number of nitrogens with one attached hydrogen (secondary N) is 1. The second-order valence-corrected chi connectivity index (χ2v) is 6.55. The summed E-state index contributed by atoms with van der Waals surface area (Å²) in [6.07, 6.45) is 0. The Hall–Kier alpha value is -0.860. The first-order valence-corrected chi connectivity index (χ1v) is 7.42. The van der Waals surface area contributed by atoms with Gasteiger partial charge in [0.25, 0.3) is 0 Å². The van der Waals surface area contributed by atoms with Crippen molar-refractivity contribution in [3.05, 3.63) is 35.9 Å². The van der Waals surface area contributed by atoms with Crippen molar-refractivity contribution in [3.63, 3.8) is 0 Å². The number of rotatable bonds is 7. The molecular formula is C17H30N2. The van der Waals surface area contributed by atoms with E-state index in [2.05, 4.69) is 75.2 Å². The Labute approximate surface area is 119 Å². The van der Waals surface area contributed by atoms with Crippen molar-refractivity contribution in [1.29, 1.82) is 0 Å². The van der Waals surface area contributed by atoms with Gasteiger partial charge in [0.05, 0.1) is 0 Å². The monoisotopic (exact) mass is 262 g/mol. The first-order chi connectivity index (χ1) is 8.90. The summed E-state index contributed by atoms with van der Waals surface area (Å²) in [6, 6.07) is 10.7. The number of hydrogen-bond acceptors (Lipinski definition) is 2. The van der Waals surface area contributed by atoms with E-state index in [1.54, 1.807) is 0 Å². The van der Waals surface area contributed by atoms with Crippen molar-refractivity contribution in [1.82, 2.24) is 10.2 Å². The van der Waals surface area contributed by atoms with E-state index in [9.17, 15) is 0 Å². The summed E-state index contributed by atoms with van der Waals surface area (Å²) < 4.78 is 0.